The molecule has 0 amide bonds. The van der Waals surface area contributed by atoms with Gasteiger partial charge in [0.1, 0.15) is 5.75 Å². The third-order valence-corrected chi connectivity index (χ3v) is 3.67. The van der Waals surface area contributed by atoms with Crippen molar-refractivity contribution in [1.82, 2.24) is 4.98 Å². The highest BCUT2D eigenvalue weighted by Gasteiger charge is 2.21. The van der Waals surface area contributed by atoms with Gasteiger partial charge in [0, 0.05) is 11.1 Å². The highest BCUT2D eigenvalue weighted by atomic mass is 16.5. The molecule has 0 radical (unpaired) electrons. The van der Waals surface area contributed by atoms with Crippen molar-refractivity contribution < 1.29 is 14.6 Å². The predicted octanol–water partition coefficient (Wildman–Crippen LogP) is 2.36. The van der Waals surface area contributed by atoms with Crippen LogP contribution < -0.4 is 4.74 Å². The number of hydrogen-bond acceptors (Lipinski definition) is 3. The summed E-state index contributed by atoms with van der Waals surface area (Å²) in [5, 5.41) is 10.0. The quantitative estimate of drug-likeness (QED) is 0.917. The van der Waals surface area contributed by atoms with E-state index < -0.39 is 5.97 Å². The number of aromatic nitrogens is 1. The molecule has 98 valence electrons. The van der Waals surface area contributed by atoms with Crippen LogP contribution in [-0.2, 0) is 24.1 Å². The van der Waals surface area contributed by atoms with E-state index in [1.54, 1.807) is 7.11 Å². The van der Waals surface area contributed by atoms with Crippen molar-refractivity contribution in [2.24, 2.45) is 0 Å². The van der Waals surface area contributed by atoms with Crippen molar-refractivity contribution in [2.45, 2.75) is 25.7 Å². The zero-order valence-corrected chi connectivity index (χ0v) is 10.8. The third kappa shape index (κ3) is 2.03. The molecule has 0 bridgehead atoms. The zero-order chi connectivity index (χ0) is 13.4. The number of benzene rings is 1. The van der Waals surface area contributed by atoms with Gasteiger partial charge in [-0.25, -0.2) is 0 Å². The monoisotopic (exact) mass is 257 g/mol. The fourth-order valence-electron chi connectivity index (χ4n) is 2.82. The van der Waals surface area contributed by atoms with Crippen LogP contribution in [0.2, 0.25) is 0 Å². The van der Waals surface area contributed by atoms with Crippen molar-refractivity contribution in [3.63, 3.8) is 0 Å². The Balaban J connectivity index is 2.29. The highest BCUT2D eigenvalue weighted by Crippen LogP contribution is 2.32. The number of carbonyl (C=O) groups is 1. The number of fused-ring (bicyclic) bond motifs is 2. The summed E-state index contributed by atoms with van der Waals surface area (Å²) in [5.41, 5.74) is 3.96. The fourth-order valence-corrected chi connectivity index (χ4v) is 2.82. The Morgan fingerprint density at radius 1 is 1.42 bits per heavy atom. The Bertz CT molecular complexity index is 664. The van der Waals surface area contributed by atoms with Crippen LogP contribution in [0.4, 0.5) is 0 Å². The lowest BCUT2D eigenvalue weighted by Crippen LogP contribution is -2.06. The average molecular weight is 257 g/mol. The van der Waals surface area contributed by atoms with E-state index >= 15 is 0 Å². The normalized spacial score (nSPS) is 13.5. The Kier molecular flexibility index (Phi) is 2.85. The van der Waals surface area contributed by atoms with Crippen LogP contribution in [0.25, 0.3) is 10.9 Å². The van der Waals surface area contributed by atoms with Gasteiger partial charge in [-0.3, -0.25) is 9.78 Å². The Labute approximate surface area is 111 Å². The van der Waals surface area contributed by atoms with Crippen LogP contribution in [0, 0.1) is 0 Å². The van der Waals surface area contributed by atoms with Crippen LogP contribution in [0.15, 0.2) is 18.2 Å². The summed E-state index contributed by atoms with van der Waals surface area (Å²) in [5.74, 6) is -0.0664. The molecule has 19 heavy (non-hydrogen) atoms. The Hall–Kier alpha value is -2.10. The Morgan fingerprint density at radius 2 is 2.26 bits per heavy atom. The standard InChI is InChI=1S/C15H15NO3/c1-19-9-5-6-14-12(7-9)11(8-15(17)18)10-3-2-4-13(10)16-14/h5-7H,2-4,8H2,1H3,(H,17,18). The largest absolute Gasteiger partial charge is 0.497 e. The van der Waals surface area contributed by atoms with Crippen molar-refractivity contribution in [2.75, 3.05) is 7.11 Å². The number of rotatable bonds is 3. The summed E-state index contributed by atoms with van der Waals surface area (Å²) in [4.78, 5) is 15.8. The van der Waals surface area contributed by atoms with E-state index in [1.165, 1.54) is 0 Å². The molecule has 0 spiro atoms. The molecule has 1 aromatic heterocycles. The van der Waals surface area contributed by atoms with Crippen LogP contribution in [0.1, 0.15) is 23.2 Å². The topological polar surface area (TPSA) is 59.4 Å². The van der Waals surface area contributed by atoms with E-state index in [2.05, 4.69) is 4.98 Å². The van der Waals surface area contributed by atoms with Crippen molar-refractivity contribution in [3.8, 4) is 5.75 Å². The van der Waals surface area contributed by atoms with Gasteiger partial charge in [-0.05, 0) is 48.6 Å². The average Bonchev–Trinajstić information content (AvgIpc) is 2.85. The van der Waals surface area contributed by atoms with Gasteiger partial charge in [0.2, 0.25) is 0 Å². The van der Waals surface area contributed by atoms with E-state index in [-0.39, 0.29) is 6.42 Å². The van der Waals surface area contributed by atoms with Crippen LogP contribution in [-0.4, -0.2) is 23.2 Å². The summed E-state index contributed by atoms with van der Waals surface area (Å²) in [6.07, 6.45) is 2.99. The maximum absolute atomic E-state index is 11.1. The van der Waals surface area contributed by atoms with Crippen molar-refractivity contribution >= 4 is 16.9 Å². The second kappa shape index (κ2) is 4.53. The first kappa shape index (κ1) is 12.0. The molecule has 3 rings (SSSR count). The first-order valence-electron chi connectivity index (χ1n) is 6.39. The summed E-state index contributed by atoms with van der Waals surface area (Å²) < 4.78 is 5.23. The molecule has 0 fully saturated rings. The predicted molar refractivity (Wildman–Crippen MR) is 71.7 cm³/mol. The highest BCUT2D eigenvalue weighted by molar-refractivity contribution is 5.88. The van der Waals surface area contributed by atoms with Gasteiger partial charge >= 0.3 is 5.97 Å². The Morgan fingerprint density at radius 3 is 3.00 bits per heavy atom. The number of carboxylic acids is 1. The maximum atomic E-state index is 11.1. The van der Waals surface area contributed by atoms with E-state index in [9.17, 15) is 4.79 Å². The summed E-state index contributed by atoms with van der Waals surface area (Å²) in [6.45, 7) is 0. The number of methoxy groups -OCH3 is 1. The van der Waals surface area contributed by atoms with Gasteiger partial charge in [0.05, 0.1) is 19.0 Å². The summed E-state index contributed by atoms with van der Waals surface area (Å²) in [7, 11) is 1.61. The number of aryl methyl sites for hydroxylation is 1. The third-order valence-electron chi connectivity index (χ3n) is 3.67. The molecule has 0 unspecified atom stereocenters. The minimum Gasteiger partial charge on any atom is -0.497 e. The summed E-state index contributed by atoms with van der Waals surface area (Å²) in [6, 6.07) is 5.65. The number of ether oxygens (including phenoxy) is 1. The lowest BCUT2D eigenvalue weighted by Gasteiger charge is -2.11. The molecule has 1 aliphatic carbocycles. The molecule has 0 atom stereocenters. The molecule has 0 aliphatic heterocycles. The van der Waals surface area contributed by atoms with Gasteiger partial charge in [-0.2, -0.15) is 0 Å². The minimum atomic E-state index is -0.801. The van der Waals surface area contributed by atoms with Crippen LogP contribution in [0.3, 0.4) is 0 Å². The van der Waals surface area contributed by atoms with Gasteiger partial charge in [-0.1, -0.05) is 0 Å². The van der Waals surface area contributed by atoms with E-state index in [1.807, 2.05) is 18.2 Å². The molecule has 1 heterocycles. The lowest BCUT2D eigenvalue weighted by atomic mass is 9.98. The maximum Gasteiger partial charge on any atom is 0.307 e. The van der Waals surface area contributed by atoms with Crippen LogP contribution in [0.5, 0.6) is 5.75 Å². The van der Waals surface area contributed by atoms with E-state index in [0.717, 1.165) is 52.7 Å². The van der Waals surface area contributed by atoms with E-state index in [4.69, 9.17) is 9.84 Å². The SMILES string of the molecule is COc1ccc2nc3c(c(CC(=O)O)c2c1)CCC3. The second-order valence-corrected chi connectivity index (χ2v) is 4.82. The molecule has 0 saturated carbocycles. The van der Waals surface area contributed by atoms with Crippen molar-refractivity contribution in [1.29, 1.82) is 0 Å². The molecule has 4 nitrogen and oxygen atoms in total. The van der Waals surface area contributed by atoms with Gasteiger partial charge in [-0.15, -0.1) is 0 Å². The number of pyridine rings is 1. The van der Waals surface area contributed by atoms with Gasteiger partial charge in [0.25, 0.3) is 0 Å². The number of nitrogens with zero attached hydrogens (tertiary/aromatic N) is 1. The zero-order valence-electron chi connectivity index (χ0n) is 10.8. The number of aliphatic carboxylic acids is 1. The molecule has 1 aliphatic rings. The first-order chi connectivity index (χ1) is 9.19. The van der Waals surface area contributed by atoms with E-state index in [0.29, 0.717) is 0 Å². The second-order valence-electron chi connectivity index (χ2n) is 4.82. The molecule has 4 heteroatoms. The first-order valence-corrected chi connectivity index (χ1v) is 6.39. The molecule has 0 saturated heterocycles. The van der Waals surface area contributed by atoms with Crippen LogP contribution >= 0.6 is 0 Å². The molecule has 1 aromatic carbocycles. The van der Waals surface area contributed by atoms with Crippen molar-refractivity contribution in [3.05, 3.63) is 35.0 Å². The number of hydrogen-bond donors (Lipinski definition) is 1. The van der Waals surface area contributed by atoms with Gasteiger partial charge < -0.3 is 9.84 Å². The fraction of sp³-hybridized carbons (Fsp3) is 0.333. The number of carboxylic acid groups (broad SMARTS) is 1. The van der Waals surface area contributed by atoms with Gasteiger partial charge in [0.15, 0.2) is 0 Å². The molecule has 2 aromatic rings. The molecule has 1 N–H and O–H groups in total. The molecular formula is C15H15NO3. The molecular weight excluding hydrogens is 242 g/mol. The summed E-state index contributed by atoms with van der Waals surface area (Å²) >= 11 is 0. The lowest BCUT2D eigenvalue weighted by molar-refractivity contribution is -0.136. The smallest absolute Gasteiger partial charge is 0.307 e. The minimum absolute atomic E-state index is 0.0501.